The van der Waals surface area contributed by atoms with Crippen molar-refractivity contribution in [2.24, 2.45) is 5.92 Å². The number of amides is 1. The Morgan fingerprint density at radius 2 is 2.29 bits per heavy atom. The number of hydrogen-bond donors (Lipinski definition) is 2. The molecule has 2 rings (SSSR count). The van der Waals surface area contributed by atoms with E-state index in [2.05, 4.69) is 5.32 Å². The number of hydrogen-bond acceptors (Lipinski definition) is 2. The largest absolute Gasteiger partial charge is 0.398 e. The van der Waals surface area contributed by atoms with Crippen molar-refractivity contribution < 1.29 is 4.79 Å². The lowest BCUT2D eigenvalue weighted by Crippen LogP contribution is -2.33. The number of carbonyl (C=O) groups excluding carboxylic acids is 1. The van der Waals surface area contributed by atoms with E-state index in [0.717, 1.165) is 12.3 Å². The highest BCUT2D eigenvalue weighted by Crippen LogP contribution is 2.33. The van der Waals surface area contributed by atoms with Crippen molar-refractivity contribution in [3.63, 3.8) is 0 Å². The van der Waals surface area contributed by atoms with Crippen LogP contribution in [0.1, 0.15) is 36.5 Å². The summed E-state index contributed by atoms with van der Waals surface area (Å²) >= 11 is 5.99. The number of nitrogen functional groups attached to an aromatic ring is 1. The van der Waals surface area contributed by atoms with Crippen LogP contribution in [-0.2, 0) is 0 Å². The highest BCUT2D eigenvalue weighted by atomic mass is 35.5. The van der Waals surface area contributed by atoms with Gasteiger partial charge in [-0.1, -0.05) is 30.5 Å². The van der Waals surface area contributed by atoms with Gasteiger partial charge in [0.05, 0.1) is 10.6 Å². The van der Waals surface area contributed by atoms with Gasteiger partial charge in [0, 0.05) is 11.7 Å². The number of nitrogens with one attached hydrogen (secondary N) is 1. The number of nitrogens with two attached hydrogens (primary N) is 1. The highest BCUT2D eigenvalue weighted by molar-refractivity contribution is 6.34. The summed E-state index contributed by atoms with van der Waals surface area (Å²) in [5, 5.41) is 3.35. The molecule has 1 fully saturated rings. The van der Waals surface area contributed by atoms with Crippen LogP contribution >= 0.6 is 11.6 Å². The van der Waals surface area contributed by atoms with E-state index in [4.69, 9.17) is 17.3 Å². The summed E-state index contributed by atoms with van der Waals surface area (Å²) < 4.78 is 0. The lowest BCUT2D eigenvalue weighted by atomic mass is 10.1. The topological polar surface area (TPSA) is 55.1 Å². The maximum absolute atomic E-state index is 12.0. The van der Waals surface area contributed by atoms with E-state index >= 15 is 0 Å². The van der Waals surface area contributed by atoms with E-state index in [0.29, 0.717) is 16.3 Å². The van der Waals surface area contributed by atoms with Crippen molar-refractivity contribution in [1.29, 1.82) is 0 Å². The number of rotatable bonds is 4. The van der Waals surface area contributed by atoms with Gasteiger partial charge < -0.3 is 11.1 Å². The third kappa shape index (κ3) is 3.13. The normalized spacial score (nSPS) is 16.6. The first kappa shape index (κ1) is 12.2. The molecule has 1 saturated carbocycles. The highest BCUT2D eigenvalue weighted by Gasteiger charge is 2.25. The molecular weight excluding hydrogens is 236 g/mol. The molecule has 3 nitrogen and oxygen atoms in total. The molecule has 3 N–H and O–H groups in total. The van der Waals surface area contributed by atoms with Crippen LogP contribution in [0.4, 0.5) is 5.69 Å². The van der Waals surface area contributed by atoms with E-state index in [9.17, 15) is 4.79 Å². The third-order valence-electron chi connectivity index (χ3n) is 3.03. The molecule has 1 atom stereocenters. The minimum atomic E-state index is -0.179. The second kappa shape index (κ2) is 4.96. The van der Waals surface area contributed by atoms with Crippen molar-refractivity contribution >= 4 is 23.2 Å². The van der Waals surface area contributed by atoms with Crippen LogP contribution in [0.3, 0.4) is 0 Å². The van der Waals surface area contributed by atoms with Gasteiger partial charge in [-0.2, -0.15) is 0 Å². The Bertz CT molecular complexity index is 409. The monoisotopic (exact) mass is 252 g/mol. The maximum Gasteiger partial charge on any atom is 0.255 e. The molecule has 0 spiro atoms. The number of halogens is 1. The molecule has 4 heteroatoms. The molecule has 1 aliphatic rings. The molecule has 0 heterocycles. The van der Waals surface area contributed by atoms with Gasteiger partial charge in [-0.25, -0.2) is 0 Å². The van der Waals surface area contributed by atoms with E-state index in [1.807, 2.05) is 6.92 Å². The van der Waals surface area contributed by atoms with Crippen LogP contribution in [0.2, 0.25) is 5.02 Å². The van der Waals surface area contributed by atoms with Crippen LogP contribution in [-0.4, -0.2) is 11.9 Å². The number of anilines is 1. The van der Waals surface area contributed by atoms with Crippen LogP contribution in [0.5, 0.6) is 0 Å². The van der Waals surface area contributed by atoms with Crippen molar-refractivity contribution in [2.45, 2.75) is 32.2 Å². The van der Waals surface area contributed by atoms with Gasteiger partial charge in [0.25, 0.3) is 5.91 Å². The van der Waals surface area contributed by atoms with Crippen molar-refractivity contribution in [3.05, 3.63) is 28.8 Å². The zero-order valence-electron chi connectivity index (χ0n) is 9.87. The van der Waals surface area contributed by atoms with Crippen LogP contribution < -0.4 is 11.1 Å². The molecule has 0 saturated heterocycles. The first-order valence-electron chi connectivity index (χ1n) is 5.92. The fraction of sp³-hybridized carbons (Fsp3) is 0.462. The second-order valence-corrected chi connectivity index (χ2v) is 5.16. The summed E-state index contributed by atoms with van der Waals surface area (Å²) in [6.45, 7) is 2.02. The van der Waals surface area contributed by atoms with Gasteiger partial charge in [0.1, 0.15) is 0 Å². The van der Waals surface area contributed by atoms with Crippen LogP contribution in [0.15, 0.2) is 18.2 Å². The molecule has 0 bridgehead atoms. The summed E-state index contributed by atoms with van der Waals surface area (Å²) in [7, 11) is 0. The van der Waals surface area contributed by atoms with E-state index in [1.165, 1.54) is 12.8 Å². The molecule has 0 radical (unpaired) electrons. The summed E-state index contributed by atoms with van der Waals surface area (Å²) in [6, 6.07) is 5.28. The summed E-state index contributed by atoms with van der Waals surface area (Å²) in [5.41, 5.74) is 6.58. The Hall–Kier alpha value is -1.22. The Morgan fingerprint density at radius 3 is 2.88 bits per heavy atom. The molecule has 0 aliphatic heterocycles. The SMILES string of the molecule is CC(CC1CC1)NC(=O)c1c(N)cccc1Cl. The van der Waals surface area contributed by atoms with Crippen LogP contribution in [0, 0.1) is 5.92 Å². The molecule has 17 heavy (non-hydrogen) atoms. The van der Waals surface area contributed by atoms with Gasteiger partial charge >= 0.3 is 0 Å². The lowest BCUT2D eigenvalue weighted by Gasteiger charge is -2.15. The van der Waals surface area contributed by atoms with Crippen molar-refractivity contribution in [1.82, 2.24) is 5.32 Å². The van der Waals surface area contributed by atoms with Crippen molar-refractivity contribution in [3.8, 4) is 0 Å². The molecule has 1 aromatic rings. The Kier molecular flexibility index (Phi) is 3.57. The molecule has 1 amide bonds. The van der Waals surface area contributed by atoms with Gasteiger partial charge in [-0.3, -0.25) is 4.79 Å². The molecule has 1 aromatic carbocycles. The maximum atomic E-state index is 12.0. The number of benzene rings is 1. The smallest absolute Gasteiger partial charge is 0.255 e. The van der Waals surface area contributed by atoms with Gasteiger partial charge in [0.15, 0.2) is 0 Å². The predicted molar refractivity (Wildman–Crippen MR) is 70.1 cm³/mol. The molecule has 1 aliphatic carbocycles. The first-order chi connectivity index (χ1) is 8.08. The second-order valence-electron chi connectivity index (χ2n) is 4.76. The minimum absolute atomic E-state index is 0.172. The van der Waals surface area contributed by atoms with Gasteiger partial charge in [0.2, 0.25) is 0 Å². The van der Waals surface area contributed by atoms with E-state index in [1.54, 1.807) is 18.2 Å². The predicted octanol–water partition coefficient (Wildman–Crippen LogP) is 2.84. The van der Waals surface area contributed by atoms with Crippen LogP contribution in [0.25, 0.3) is 0 Å². The zero-order chi connectivity index (χ0) is 12.4. The fourth-order valence-electron chi connectivity index (χ4n) is 1.99. The standard InChI is InChI=1S/C13H17ClN2O/c1-8(7-9-5-6-9)16-13(17)12-10(14)3-2-4-11(12)15/h2-4,8-9H,5-7,15H2,1H3,(H,16,17). The third-order valence-corrected chi connectivity index (χ3v) is 3.35. The van der Waals surface area contributed by atoms with Gasteiger partial charge in [-0.15, -0.1) is 0 Å². The molecule has 92 valence electrons. The minimum Gasteiger partial charge on any atom is -0.398 e. The fourth-order valence-corrected chi connectivity index (χ4v) is 2.26. The molecular formula is C13H17ClN2O. The molecule has 0 aromatic heterocycles. The van der Waals surface area contributed by atoms with Gasteiger partial charge in [-0.05, 0) is 31.4 Å². The average Bonchev–Trinajstić information content (AvgIpc) is 3.00. The lowest BCUT2D eigenvalue weighted by molar-refractivity contribution is 0.0938. The summed E-state index contributed by atoms with van der Waals surface area (Å²) in [4.78, 5) is 12.0. The Labute approximate surface area is 106 Å². The zero-order valence-corrected chi connectivity index (χ0v) is 10.6. The average molecular weight is 253 g/mol. The molecule has 1 unspecified atom stereocenters. The Morgan fingerprint density at radius 1 is 1.59 bits per heavy atom. The first-order valence-corrected chi connectivity index (χ1v) is 6.30. The summed E-state index contributed by atoms with van der Waals surface area (Å²) in [5.74, 6) is 0.607. The number of carbonyl (C=O) groups is 1. The van der Waals surface area contributed by atoms with E-state index < -0.39 is 0 Å². The van der Waals surface area contributed by atoms with E-state index in [-0.39, 0.29) is 11.9 Å². The Balaban J connectivity index is 2.03. The summed E-state index contributed by atoms with van der Waals surface area (Å²) in [6.07, 6.45) is 3.61. The quantitative estimate of drug-likeness (QED) is 0.810. The van der Waals surface area contributed by atoms with Crippen molar-refractivity contribution in [2.75, 3.05) is 5.73 Å².